The number of carboxylic acid groups (broad SMARTS) is 1. The molecule has 2 aromatic rings. The molecular formula is C13H13FN2O4S. The van der Waals surface area contributed by atoms with Crippen molar-refractivity contribution < 1.29 is 22.7 Å². The van der Waals surface area contributed by atoms with Crippen LogP contribution in [0.3, 0.4) is 0 Å². The molecule has 2 N–H and O–H groups in total. The number of halogens is 1. The number of aromatic nitrogens is 1. The zero-order chi connectivity index (χ0) is 15.6. The van der Waals surface area contributed by atoms with E-state index in [-0.39, 0.29) is 11.4 Å². The average molecular weight is 312 g/mol. The number of sulfonamides is 1. The number of aromatic carboxylic acids is 1. The molecule has 112 valence electrons. The molecule has 1 aromatic heterocycles. The van der Waals surface area contributed by atoms with E-state index in [2.05, 4.69) is 4.72 Å². The molecule has 0 amide bonds. The Hall–Kier alpha value is -2.19. The predicted molar refractivity (Wildman–Crippen MR) is 72.8 cm³/mol. The van der Waals surface area contributed by atoms with Crippen LogP contribution in [0.5, 0.6) is 0 Å². The normalized spacial score (nSPS) is 11.5. The number of hydrogen-bond donors (Lipinski definition) is 2. The van der Waals surface area contributed by atoms with Gasteiger partial charge in [0, 0.05) is 18.9 Å². The van der Waals surface area contributed by atoms with Gasteiger partial charge in [0.1, 0.15) is 5.82 Å². The number of hydrogen-bond acceptors (Lipinski definition) is 3. The van der Waals surface area contributed by atoms with Gasteiger partial charge in [0.25, 0.3) is 0 Å². The van der Waals surface area contributed by atoms with Crippen LogP contribution in [0.2, 0.25) is 0 Å². The summed E-state index contributed by atoms with van der Waals surface area (Å²) in [7, 11) is -2.15. The molecule has 0 bridgehead atoms. The molecule has 0 spiro atoms. The van der Waals surface area contributed by atoms with E-state index in [4.69, 9.17) is 5.11 Å². The van der Waals surface area contributed by atoms with Crippen molar-refractivity contribution in [2.24, 2.45) is 7.05 Å². The van der Waals surface area contributed by atoms with Gasteiger partial charge in [-0.1, -0.05) is 0 Å². The van der Waals surface area contributed by atoms with E-state index >= 15 is 0 Å². The number of aryl methyl sites for hydroxylation is 1. The van der Waals surface area contributed by atoms with Gasteiger partial charge in [-0.05, 0) is 30.3 Å². The average Bonchev–Trinajstić information content (AvgIpc) is 2.82. The first-order chi connectivity index (χ1) is 9.81. The minimum Gasteiger partial charge on any atom is -0.478 e. The van der Waals surface area contributed by atoms with Crippen LogP contribution in [-0.2, 0) is 23.6 Å². The lowest BCUT2D eigenvalue weighted by Gasteiger charge is -2.08. The Balaban J connectivity index is 2.26. The molecule has 6 nitrogen and oxygen atoms in total. The van der Waals surface area contributed by atoms with Gasteiger partial charge < -0.3 is 9.67 Å². The van der Waals surface area contributed by atoms with Crippen LogP contribution in [0.25, 0.3) is 0 Å². The Labute approximate surface area is 120 Å². The number of nitrogens with one attached hydrogen (secondary N) is 1. The Morgan fingerprint density at radius 3 is 2.67 bits per heavy atom. The summed E-state index contributed by atoms with van der Waals surface area (Å²) in [5.41, 5.74) is 0.0517. The molecule has 1 heterocycles. The van der Waals surface area contributed by atoms with Gasteiger partial charge in [0.05, 0.1) is 17.0 Å². The van der Waals surface area contributed by atoms with E-state index in [1.807, 2.05) is 0 Å². The second-order valence-electron chi connectivity index (χ2n) is 4.38. The van der Waals surface area contributed by atoms with Crippen LogP contribution in [0.1, 0.15) is 16.1 Å². The van der Waals surface area contributed by atoms with Gasteiger partial charge in [0.15, 0.2) is 0 Å². The molecule has 0 aliphatic rings. The summed E-state index contributed by atoms with van der Waals surface area (Å²) in [6, 6.07) is 6.15. The van der Waals surface area contributed by atoms with Crippen LogP contribution in [0.4, 0.5) is 4.39 Å². The van der Waals surface area contributed by atoms with Crippen molar-refractivity contribution in [1.29, 1.82) is 0 Å². The van der Waals surface area contributed by atoms with Crippen LogP contribution in [0.15, 0.2) is 41.4 Å². The molecule has 0 aliphatic heterocycles. The highest BCUT2D eigenvalue weighted by atomic mass is 32.2. The van der Waals surface area contributed by atoms with Crippen molar-refractivity contribution in [1.82, 2.24) is 9.29 Å². The maximum absolute atomic E-state index is 13.3. The van der Waals surface area contributed by atoms with E-state index in [1.165, 1.54) is 0 Å². The van der Waals surface area contributed by atoms with Gasteiger partial charge in [-0.3, -0.25) is 0 Å². The lowest BCUT2D eigenvalue weighted by atomic mass is 10.2. The lowest BCUT2D eigenvalue weighted by Crippen LogP contribution is -2.24. The summed E-state index contributed by atoms with van der Waals surface area (Å²) in [4.78, 5) is 10.5. The number of benzene rings is 1. The van der Waals surface area contributed by atoms with Crippen molar-refractivity contribution in [3.63, 3.8) is 0 Å². The monoisotopic (exact) mass is 312 g/mol. The highest BCUT2D eigenvalue weighted by Gasteiger charge is 2.19. The first kappa shape index (κ1) is 15.2. The van der Waals surface area contributed by atoms with Gasteiger partial charge in [-0.25, -0.2) is 22.3 Å². The smallest absolute Gasteiger partial charge is 0.338 e. The maximum Gasteiger partial charge on any atom is 0.338 e. The summed E-state index contributed by atoms with van der Waals surface area (Å²) < 4.78 is 41.5. The second-order valence-corrected chi connectivity index (χ2v) is 6.15. The predicted octanol–water partition coefficient (Wildman–Crippen LogP) is 1.34. The first-order valence-corrected chi connectivity index (χ1v) is 7.42. The molecule has 0 saturated heterocycles. The maximum atomic E-state index is 13.3. The molecule has 0 fully saturated rings. The minimum absolute atomic E-state index is 0.0472. The molecule has 0 radical (unpaired) electrons. The van der Waals surface area contributed by atoms with Crippen LogP contribution >= 0.6 is 0 Å². The Bertz CT molecular complexity index is 783. The van der Waals surface area contributed by atoms with E-state index in [1.54, 1.807) is 29.9 Å². The van der Waals surface area contributed by atoms with Crippen molar-refractivity contribution in [3.05, 3.63) is 53.6 Å². The van der Waals surface area contributed by atoms with Crippen LogP contribution < -0.4 is 4.72 Å². The van der Waals surface area contributed by atoms with Gasteiger partial charge in [-0.2, -0.15) is 0 Å². The van der Waals surface area contributed by atoms with Gasteiger partial charge >= 0.3 is 5.97 Å². The fraction of sp³-hybridized carbons (Fsp3) is 0.154. The molecule has 0 saturated carbocycles. The van der Waals surface area contributed by atoms with Crippen molar-refractivity contribution >= 4 is 16.0 Å². The fourth-order valence-electron chi connectivity index (χ4n) is 1.77. The quantitative estimate of drug-likeness (QED) is 0.872. The standard InChI is InChI=1S/C13H13FN2O4S/c1-16-6-2-3-9(16)8-15-21(19,20)10-4-5-12(14)11(7-10)13(17)18/h2-7,15H,8H2,1H3,(H,17,18). The fourth-order valence-corrected chi connectivity index (χ4v) is 2.79. The topological polar surface area (TPSA) is 88.4 Å². The summed E-state index contributed by atoms with van der Waals surface area (Å²) in [5, 5.41) is 8.81. The summed E-state index contributed by atoms with van der Waals surface area (Å²) in [6.07, 6.45) is 1.77. The summed E-state index contributed by atoms with van der Waals surface area (Å²) >= 11 is 0. The number of rotatable bonds is 5. The highest BCUT2D eigenvalue weighted by Crippen LogP contribution is 2.15. The molecule has 0 unspecified atom stereocenters. The molecular weight excluding hydrogens is 299 g/mol. The van der Waals surface area contributed by atoms with E-state index in [0.717, 1.165) is 23.9 Å². The van der Waals surface area contributed by atoms with Crippen molar-refractivity contribution in [2.45, 2.75) is 11.4 Å². The van der Waals surface area contributed by atoms with Crippen molar-refractivity contribution in [2.75, 3.05) is 0 Å². The summed E-state index contributed by atoms with van der Waals surface area (Å²) in [6.45, 7) is 0.0472. The van der Waals surface area contributed by atoms with E-state index in [0.29, 0.717) is 0 Å². The van der Waals surface area contributed by atoms with E-state index < -0.39 is 27.4 Å². The number of carboxylic acids is 1. The highest BCUT2D eigenvalue weighted by molar-refractivity contribution is 7.89. The Morgan fingerprint density at radius 1 is 1.38 bits per heavy atom. The lowest BCUT2D eigenvalue weighted by molar-refractivity contribution is 0.0691. The number of carbonyl (C=O) groups is 1. The van der Waals surface area contributed by atoms with Crippen LogP contribution in [-0.4, -0.2) is 24.1 Å². The zero-order valence-electron chi connectivity index (χ0n) is 11.1. The Morgan fingerprint density at radius 2 is 2.10 bits per heavy atom. The first-order valence-electron chi connectivity index (χ1n) is 5.94. The molecule has 1 aromatic carbocycles. The molecule has 0 atom stereocenters. The largest absolute Gasteiger partial charge is 0.478 e. The molecule has 0 aliphatic carbocycles. The Kier molecular flexibility index (Phi) is 4.10. The molecule has 21 heavy (non-hydrogen) atoms. The van der Waals surface area contributed by atoms with Gasteiger partial charge in [-0.15, -0.1) is 0 Å². The zero-order valence-corrected chi connectivity index (χ0v) is 11.9. The minimum atomic E-state index is -3.92. The molecule has 2 rings (SSSR count). The third-order valence-corrected chi connectivity index (χ3v) is 4.37. The van der Waals surface area contributed by atoms with Gasteiger partial charge in [0.2, 0.25) is 10.0 Å². The van der Waals surface area contributed by atoms with E-state index in [9.17, 15) is 17.6 Å². The molecule has 8 heteroatoms. The third kappa shape index (κ3) is 3.29. The second kappa shape index (κ2) is 5.66. The number of nitrogens with zero attached hydrogens (tertiary/aromatic N) is 1. The van der Waals surface area contributed by atoms with Crippen LogP contribution in [0, 0.1) is 5.82 Å². The SMILES string of the molecule is Cn1cccc1CNS(=O)(=O)c1ccc(F)c(C(=O)O)c1. The van der Waals surface area contributed by atoms with Crippen molar-refractivity contribution in [3.8, 4) is 0 Å². The third-order valence-electron chi connectivity index (χ3n) is 2.97. The summed E-state index contributed by atoms with van der Waals surface area (Å²) in [5.74, 6) is -2.50.